The largest absolute Gasteiger partial charge is 0.324 e. The van der Waals surface area contributed by atoms with Crippen molar-refractivity contribution in [2.24, 2.45) is 0 Å². The van der Waals surface area contributed by atoms with Crippen LogP contribution in [-0.2, 0) is 16.4 Å². The SMILES string of the molecule is O=[N+]([O-])c1cc(CN(C2CC2)[C@H]2CCS(=O)(=O)C2)cs1. The highest BCUT2D eigenvalue weighted by molar-refractivity contribution is 7.91. The molecular weight excluding hydrogens is 300 g/mol. The van der Waals surface area contributed by atoms with Crippen molar-refractivity contribution in [3.05, 3.63) is 27.1 Å². The minimum absolute atomic E-state index is 0.0754. The number of nitrogens with zero attached hydrogens (tertiary/aromatic N) is 2. The van der Waals surface area contributed by atoms with Gasteiger partial charge in [0.1, 0.15) is 0 Å². The van der Waals surface area contributed by atoms with Gasteiger partial charge < -0.3 is 0 Å². The molecule has 6 nitrogen and oxygen atoms in total. The molecule has 0 N–H and O–H groups in total. The molecule has 1 aromatic rings. The van der Waals surface area contributed by atoms with Gasteiger partial charge in [-0.3, -0.25) is 15.0 Å². The van der Waals surface area contributed by atoms with Crippen LogP contribution >= 0.6 is 11.3 Å². The summed E-state index contributed by atoms with van der Waals surface area (Å²) in [6.07, 6.45) is 2.89. The second-order valence-electron chi connectivity index (χ2n) is 5.51. The third-order valence-corrected chi connectivity index (χ3v) is 6.56. The molecule has 0 aromatic carbocycles. The van der Waals surface area contributed by atoms with E-state index in [0.717, 1.165) is 29.7 Å². The van der Waals surface area contributed by atoms with Gasteiger partial charge in [-0.15, -0.1) is 0 Å². The number of hydrogen-bond donors (Lipinski definition) is 0. The minimum Gasteiger partial charge on any atom is -0.292 e. The molecule has 1 aromatic heterocycles. The molecule has 20 heavy (non-hydrogen) atoms. The summed E-state index contributed by atoms with van der Waals surface area (Å²) in [5.41, 5.74) is 0.915. The molecule has 2 heterocycles. The summed E-state index contributed by atoms with van der Waals surface area (Å²) in [7, 11) is -2.89. The Morgan fingerprint density at radius 3 is 2.60 bits per heavy atom. The van der Waals surface area contributed by atoms with Crippen LogP contribution in [0.3, 0.4) is 0 Å². The van der Waals surface area contributed by atoms with E-state index in [1.807, 2.05) is 0 Å². The number of hydrogen-bond acceptors (Lipinski definition) is 6. The molecular formula is C12H16N2O4S2. The number of rotatable bonds is 5. The van der Waals surface area contributed by atoms with Gasteiger partial charge in [0, 0.05) is 30.1 Å². The lowest BCUT2D eigenvalue weighted by atomic mass is 10.2. The summed E-state index contributed by atoms with van der Waals surface area (Å²) in [5, 5.41) is 12.7. The number of nitro groups is 1. The lowest BCUT2D eigenvalue weighted by Crippen LogP contribution is -2.37. The van der Waals surface area contributed by atoms with Gasteiger partial charge in [-0.25, -0.2) is 8.42 Å². The Labute approximate surface area is 121 Å². The molecule has 0 amide bonds. The summed E-state index contributed by atoms with van der Waals surface area (Å²) >= 11 is 1.13. The predicted molar refractivity (Wildman–Crippen MR) is 76.6 cm³/mol. The van der Waals surface area contributed by atoms with Gasteiger partial charge in [0.15, 0.2) is 9.84 Å². The van der Waals surface area contributed by atoms with Crippen molar-refractivity contribution in [1.82, 2.24) is 4.90 Å². The predicted octanol–water partition coefficient (Wildman–Crippen LogP) is 1.81. The Morgan fingerprint density at radius 2 is 2.10 bits per heavy atom. The molecule has 0 radical (unpaired) electrons. The molecule has 1 saturated carbocycles. The van der Waals surface area contributed by atoms with E-state index in [4.69, 9.17) is 0 Å². The Kier molecular flexibility index (Phi) is 3.55. The highest BCUT2D eigenvalue weighted by Crippen LogP contribution is 2.34. The number of thiophene rings is 1. The summed E-state index contributed by atoms with van der Waals surface area (Å²) in [6.45, 7) is 0.620. The molecule has 1 aliphatic carbocycles. The minimum atomic E-state index is -2.89. The van der Waals surface area contributed by atoms with Crippen LogP contribution in [0.25, 0.3) is 0 Å². The van der Waals surface area contributed by atoms with Crippen molar-refractivity contribution in [2.45, 2.75) is 37.9 Å². The standard InChI is InChI=1S/C12H16N2O4S2/c15-14(16)12-5-9(7-19-12)6-13(10-1-2-10)11-3-4-20(17,18)8-11/h5,7,10-11H,1-4,6,8H2/t11-/m0/s1. The van der Waals surface area contributed by atoms with E-state index in [1.165, 1.54) is 0 Å². The monoisotopic (exact) mass is 316 g/mol. The maximum absolute atomic E-state index is 11.6. The smallest absolute Gasteiger partial charge is 0.292 e. The van der Waals surface area contributed by atoms with Crippen molar-refractivity contribution in [3.8, 4) is 0 Å². The fourth-order valence-electron chi connectivity index (χ4n) is 2.75. The quantitative estimate of drug-likeness (QED) is 0.611. The number of sulfone groups is 1. The summed E-state index contributed by atoms with van der Waals surface area (Å²) in [6, 6.07) is 2.13. The molecule has 2 aliphatic rings. The van der Waals surface area contributed by atoms with E-state index in [1.54, 1.807) is 11.4 Å². The van der Waals surface area contributed by atoms with E-state index >= 15 is 0 Å². The van der Waals surface area contributed by atoms with Gasteiger partial charge >= 0.3 is 5.00 Å². The second-order valence-corrected chi connectivity index (χ2v) is 8.63. The van der Waals surface area contributed by atoms with Gasteiger partial charge in [0.25, 0.3) is 0 Å². The van der Waals surface area contributed by atoms with Crippen LogP contribution in [0.4, 0.5) is 5.00 Å². The Balaban J connectivity index is 1.73. The fourth-order valence-corrected chi connectivity index (χ4v) is 5.21. The first-order chi connectivity index (χ1) is 9.44. The van der Waals surface area contributed by atoms with E-state index in [0.29, 0.717) is 19.0 Å². The van der Waals surface area contributed by atoms with Crippen LogP contribution in [0, 0.1) is 10.1 Å². The Hall–Kier alpha value is -0.990. The summed E-state index contributed by atoms with van der Waals surface area (Å²) < 4.78 is 23.2. The molecule has 1 aliphatic heterocycles. The van der Waals surface area contributed by atoms with Crippen molar-refractivity contribution < 1.29 is 13.3 Å². The average Bonchev–Trinajstić information content (AvgIpc) is 2.98. The first-order valence-corrected chi connectivity index (χ1v) is 9.33. The summed E-state index contributed by atoms with van der Waals surface area (Å²) in [5.74, 6) is 0.500. The normalized spacial score (nSPS) is 25.1. The van der Waals surface area contributed by atoms with E-state index in [-0.39, 0.29) is 27.5 Å². The highest BCUT2D eigenvalue weighted by atomic mass is 32.2. The average molecular weight is 316 g/mol. The zero-order valence-corrected chi connectivity index (χ0v) is 12.5. The van der Waals surface area contributed by atoms with Gasteiger partial charge in [0.2, 0.25) is 0 Å². The van der Waals surface area contributed by atoms with Gasteiger partial charge in [-0.2, -0.15) is 0 Å². The molecule has 0 spiro atoms. The van der Waals surface area contributed by atoms with E-state index in [9.17, 15) is 18.5 Å². The molecule has 1 atom stereocenters. The first kappa shape index (κ1) is 14.0. The van der Waals surface area contributed by atoms with Crippen molar-refractivity contribution in [3.63, 3.8) is 0 Å². The topological polar surface area (TPSA) is 80.5 Å². The molecule has 110 valence electrons. The zero-order chi connectivity index (χ0) is 14.3. The van der Waals surface area contributed by atoms with Gasteiger partial charge in [0.05, 0.1) is 16.4 Å². The van der Waals surface area contributed by atoms with Crippen LogP contribution in [0.1, 0.15) is 24.8 Å². The third-order valence-electron chi connectivity index (χ3n) is 3.88. The molecule has 8 heteroatoms. The third kappa shape index (κ3) is 3.02. The second kappa shape index (κ2) is 5.09. The van der Waals surface area contributed by atoms with Crippen LogP contribution in [-0.4, -0.2) is 41.8 Å². The van der Waals surface area contributed by atoms with E-state index < -0.39 is 9.84 Å². The fraction of sp³-hybridized carbons (Fsp3) is 0.667. The lowest BCUT2D eigenvalue weighted by molar-refractivity contribution is -0.380. The van der Waals surface area contributed by atoms with Crippen molar-refractivity contribution in [1.29, 1.82) is 0 Å². The van der Waals surface area contributed by atoms with Gasteiger partial charge in [-0.05, 0) is 24.8 Å². The molecule has 0 unspecified atom stereocenters. The Bertz CT molecular complexity index is 621. The first-order valence-electron chi connectivity index (χ1n) is 6.62. The highest BCUT2D eigenvalue weighted by Gasteiger charge is 2.39. The maximum Gasteiger partial charge on any atom is 0.324 e. The van der Waals surface area contributed by atoms with E-state index in [2.05, 4.69) is 4.90 Å². The lowest BCUT2D eigenvalue weighted by Gasteiger charge is -2.27. The summed E-state index contributed by atoms with van der Waals surface area (Å²) in [4.78, 5) is 12.6. The van der Waals surface area contributed by atoms with Gasteiger partial charge in [-0.1, -0.05) is 11.3 Å². The molecule has 2 fully saturated rings. The molecule has 3 rings (SSSR count). The zero-order valence-electron chi connectivity index (χ0n) is 10.9. The van der Waals surface area contributed by atoms with Crippen LogP contribution in [0.15, 0.2) is 11.4 Å². The Morgan fingerprint density at radius 1 is 1.35 bits per heavy atom. The van der Waals surface area contributed by atoms with Crippen LogP contribution in [0.5, 0.6) is 0 Å². The molecule has 1 saturated heterocycles. The molecule has 0 bridgehead atoms. The van der Waals surface area contributed by atoms with Crippen LogP contribution in [0.2, 0.25) is 0 Å². The van der Waals surface area contributed by atoms with Crippen LogP contribution < -0.4 is 0 Å². The maximum atomic E-state index is 11.6. The van der Waals surface area contributed by atoms with Crippen molar-refractivity contribution >= 4 is 26.2 Å². The van der Waals surface area contributed by atoms with Crippen molar-refractivity contribution in [2.75, 3.05) is 11.5 Å².